The lowest BCUT2D eigenvalue weighted by atomic mass is 10.1. The second kappa shape index (κ2) is 6.31. The molecule has 0 aliphatic carbocycles. The second-order valence-electron chi connectivity index (χ2n) is 5.24. The van der Waals surface area contributed by atoms with Gasteiger partial charge in [0.2, 0.25) is 0 Å². The van der Waals surface area contributed by atoms with Crippen molar-refractivity contribution in [1.29, 1.82) is 0 Å². The highest BCUT2D eigenvalue weighted by atomic mass is 19.4. The van der Waals surface area contributed by atoms with Crippen molar-refractivity contribution < 1.29 is 17.9 Å². The van der Waals surface area contributed by atoms with Gasteiger partial charge in [-0.3, -0.25) is 0 Å². The van der Waals surface area contributed by atoms with Crippen LogP contribution in [-0.4, -0.2) is 9.97 Å². The maximum absolute atomic E-state index is 12.5. The average molecular weight is 330 g/mol. The molecule has 0 unspecified atom stereocenters. The van der Waals surface area contributed by atoms with Gasteiger partial charge in [0.05, 0.1) is 5.56 Å². The van der Waals surface area contributed by atoms with E-state index in [1.807, 2.05) is 31.2 Å². The molecule has 6 heteroatoms. The van der Waals surface area contributed by atoms with E-state index >= 15 is 0 Å². The predicted octanol–water partition coefficient (Wildman–Crippen LogP) is 5.26. The van der Waals surface area contributed by atoms with E-state index in [1.165, 1.54) is 12.1 Å². The molecule has 3 rings (SSSR count). The first-order valence-electron chi connectivity index (χ1n) is 7.16. The number of alkyl halides is 3. The smallest absolute Gasteiger partial charge is 0.416 e. The molecule has 3 aromatic rings. The molecule has 0 saturated heterocycles. The highest BCUT2D eigenvalue weighted by molar-refractivity contribution is 5.61. The number of ether oxygens (including phenoxy) is 1. The summed E-state index contributed by atoms with van der Waals surface area (Å²) in [4.78, 5) is 8.18. The average Bonchev–Trinajstić information content (AvgIpc) is 2.56. The third-order valence-electron chi connectivity index (χ3n) is 3.40. The Bertz CT molecular complexity index is 811. The molecule has 0 amide bonds. The number of nitrogens with zero attached hydrogens (tertiary/aromatic N) is 2. The summed E-state index contributed by atoms with van der Waals surface area (Å²) in [5.74, 6) is 0.242. The fourth-order valence-electron chi connectivity index (χ4n) is 2.08. The van der Waals surface area contributed by atoms with Crippen molar-refractivity contribution in [2.75, 3.05) is 0 Å². The lowest BCUT2D eigenvalue weighted by Crippen LogP contribution is -2.04. The van der Waals surface area contributed by atoms with Crippen molar-refractivity contribution in [3.63, 3.8) is 0 Å². The van der Waals surface area contributed by atoms with Crippen molar-refractivity contribution in [1.82, 2.24) is 9.97 Å². The van der Waals surface area contributed by atoms with E-state index in [-0.39, 0.29) is 11.8 Å². The maximum Gasteiger partial charge on any atom is 0.416 e. The summed E-state index contributed by atoms with van der Waals surface area (Å²) in [6.07, 6.45) is -1.15. The highest BCUT2D eigenvalue weighted by Gasteiger charge is 2.30. The Morgan fingerprint density at radius 1 is 0.792 bits per heavy atom. The summed E-state index contributed by atoms with van der Waals surface area (Å²) >= 11 is 0. The van der Waals surface area contributed by atoms with Gasteiger partial charge in [0.1, 0.15) is 5.75 Å². The molecule has 0 radical (unpaired) electrons. The summed E-state index contributed by atoms with van der Waals surface area (Å²) in [6, 6.07) is 12.4. The molecule has 0 aliphatic rings. The second-order valence-corrected chi connectivity index (χ2v) is 5.24. The molecule has 122 valence electrons. The van der Waals surface area contributed by atoms with Crippen LogP contribution in [0.5, 0.6) is 11.8 Å². The molecule has 0 saturated carbocycles. The third-order valence-corrected chi connectivity index (χ3v) is 3.40. The number of hydrogen-bond acceptors (Lipinski definition) is 3. The van der Waals surface area contributed by atoms with E-state index in [0.717, 1.165) is 28.8 Å². The summed E-state index contributed by atoms with van der Waals surface area (Å²) in [7, 11) is 0. The van der Waals surface area contributed by atoms with Crippen LogP contribution in [0.1, 0.15) is 11.1 Å². The van der Waals surface area contributed by atoms with Crippen LogP contribution in [-0.2, 0) is 6.18 Å². The summed E-state index contributed by atoms with van der Waals surface area (Å²) in [5.41, 5.74) is 2.23. The zero-order valence-corrected chi connectivity index (χ0v) is 12.7. The predicted molar refractivity (Wildman–Crippen MR) is 83.7 cm³/mol. The van der Waals surface area contributed by atoms with E-state index in [1.54, 1.807) is 12.4 Å². The Kier molecular flexibility index (Phi) is 4.20. The van der Waals surface area contributed by atoms with Crippen LogP contribution in [0, 0.1) is 6.92 Å². The van der Waals surface area contributed by atoms with Gasteiger partial charge >= 0.3 is 12.2 Å². The Morgan fingerprint density at radius 2 is 1.38 bits per heavy atom. The van der Waals surface area contributed by atoms with Gasteiger partial charge in [-0.15, -0.1) is 0 Å². The Balaban J connectivity index is 1.73. The van der Waals surface area contributed by atoms with Crippen molar-refractivity contribution in [2.24, 2.45) is 0 Å². The van der Waals surface area contributed by atoms with Crippen LogP contribution in [0.25, 0.3) is 11.1 Å². The summed E-state index contributed by atoms with van der Waals surface area (Å²) in [6.45, 7) is 2.00. The van der Waals surface area contributed by atoms with Crippen molar-refractivity contribution in [3.8, 4) is 22.9 Å². The van der Waals surface area contributed by atoms with Crippen molar-refractivity contribution in [3.05, 3.63) is 72.1 Å². The molecule has 2 aromatic carbocycles. The standard InChI is InChI=1S/C18H13F3N2O/c1-12-2-4-13(5-3-12)14-10-22-17(23-11-14)24-16-8-6-15(7-9-16)18(19,20)21/h2-11H,1H3. The first-order valence-corrected chi connectivity index (χ1v) is 7.16. The molecule has 0 spiro atoms. The van der Waals surface area contributed by atoms with E-state index in [9.17, 15) is 13.2 Å². The number of rotatable bonds is 3. The molecule has 1 aromatic heterocycles. The molecule has 0 atom stereocenters. The van der Waals surface area contributed by atoms with Crippen molar-refractivity contribution in [2.45, 2.75) is 13.1 Å². The molecule has 0 aliphatic heterocycles. The molecule has 24 heavy (non-hydrogen) atoms. The van der Waals surface area contributed by atoms with Gasteiger partial charge in [-0.25, -0.2) is 9.97 Å². The van der Waals surface area contributed by atoms with Crippen LogP contribution >= 0.6 is 0 Å². The van der Waals surface area contributed by atoms with E-state index < -0.39 is 11.7 Å². The lowest BCUT2D eigenvalue weighted by molar-refractivity contribution is -0.137. The van der Waals surface area contributed by atoms with E-state index in [2.05, 4.69) is 9.97 Å². The number of halogens is 3. The van der Waals surface area contributed by atoms with Crippen LogP contribution in [0.3, 0.4) is 0 Å². The Morgan fingerprint density at radius 3 is 1.92 bits per heavy atom. The van der Waals surface area contributed by atoms with E-state index in [0.29, 0.717) is 0 Å². The van der Waals surface area contributed by atoms with Gasteiger partial charge in [0, 0.05) is 18.0 Å². The van der Waals surface area contributed by atoms with Crippen LogP contribution in [0.4, 0.5) is 13.2 Å². The third kappa shape index (κ3) is 3.71. The molecule has 0 N–H and O–H groups in total. The van der Waals surface area contributed by atoms with Crippen LogP contribution in [0.15, 0.2) is 60.9 Å². The number of aromatic nitrogens is 2. The Hall–Kier alpha value is -2.89. The first-order chi connectivity index (χ1) is 11.4. The molecule has 0 fully saturated rings. The normalized spacial score (nSPS) is 11.3. The van der Waals surface area contributed by atoms with Gasteiger partial charge in [0.25, 0.3) is 0 Å². The van der Waals surface area contributed by atoms with Gasteiger partial charge in [-0.05, 0) is 36.8 Å². The summed E-state index contributed by atoms with van der Waals surface area (Å²) < 4.78 is 42.9. The fourth-order valence-corrected chi connectivity index (χ4v) is 2.08. The SMILES string of the molecule is Cc1ccc(-c2cnc(Oc3ccc(C(F)(F)F)cc3)nc2)cc1. The monoisotopic (exact) mass is 330 g/mol. The minimum absolute atomic E-state index is 0.0746. The summed E-state index contributed by atoms with van der Waals surface area (Å²) in [5, 5.41) is 0. The molecule has 3 nitrogen and oxygen atoms in total. The first kappa shape index (κ1) is 16.0. The quantitative estimate of drug-likeness (QED) is 0.657. The van der Waals surface area contributed by atoms with Gasteiger partial charge in [-0.1, -0.05) is 29.8 Å². The zero-order chi connectivity index (χ0) is 17.2. The minimum Gasteiger partial charge on any atom is -0.424 e. The maximum atomic E-state index is 12.5. The lowest BCUT2D eigenvalue weighted by Gasteiger charge is -2.08. The molecule has 0 bridgehead atoms. The molecule has 1 heterocycles. The van der Waals surface area contributed by atoms with Gasteiger partial charge in [-0.2, -0.15) is 13.2 Å². The highest BCUT2D eigenvalue weighted by Crippen LogP contribution is 2.31. The minimum atomic E-state index is -4.37. The molecular weight excluding hydrogens is 317 g/mol. The number of hydrogen-bond donors (Lipinski definition) is 0. The van der Waals surface area contributed by atoms with Crippen LogP contribution in [0.2, 0.25) is 0 Å². The number of benzene rings is 2. The van der Waals surface area contributed by atoms with Crippen LogP contribution < -0.4 is 4.74 Å². The Labute approximate surface area is 136 Å². The largest absolute Gasteiger partial charge is 0.424 e. The zero-order valence-electron chi connectivity index (χ0n) is 12.7. The molecular formula is C18H13F3N2O. The van der Waals surface area contributed by atoms with Gasteiger partial charge < -0.3 is 4.74 Å². The van der Waals surface area contributed by atoms with E-state index in [4.69, 9.17) is 4.74 Å². The van der Waals surface area contributed by atoms with Crippen molar-refractivity contribution >= 4 is 0 Å². The van der Waals surface area contributed by atoms with Gasteiger partial charge in [0.15, 0.2) is 0 Å². The fraction of sp³-hybridized carbons (Fsp3) is 0.111. The number of aryl methyl sites for hydroxylation is 1. The topological polar surface area (TPSA) is 35.0 Å².